The number of carboxylic acid groups (broad SMARTS) is 1. The Kier molecular flexibility index (Phi) is 25.3. The summed E-state index contributed by atoms with van der Waals surface area (Å²) in [7, 11) is 1.48. The molecule has 622 valence electrons. The van der Waals surface area contributed by atoms with Crippen LogP contribution in [0.2, 0.25) is 0 Å². The van der Waals surface area contributed by atoms with Crippen molar-refractivity contribution in [1.82, 2.24) is 0 Å². The molecule has 6 saturated heterocycles. The zero-order valence-corrected chi connectivity index (χ0v) is 62.9. The van der Waals surface area contributed by atoms with Crippen LogP contribution >= 0.6 is 0 Å². The Morgan fingerprint density at radius 1 is 0.527 bits per heavy atom. The maximum absolute atomic E-state index is 16.4. The second-order valence-electron chi connectivity index (χ2n) is 33.7. The lowest BCUT2D eigenvalue weighted by Gasteiger charge is -2.71. The molecule has 35 nitrogen and oxygen atoms in total. The van der Waals surface area contributed by atoms with Crippen molar-refractivity contribution >= 4 is 24.0 Å². The fourth-order valence-corrected chi connectivity index (χ4v) is 20.4. The molecule has 0 bridgehead atoms. The van der Waals surface area contributed by atoms with Crippen LogP contribution in [0.1, 0.15) is 119 Å². The van der Waals surface area contributed by atoms with Crippen molar-refractivity contribution < 1.29 is 173 Å². The number of aliphatic carboxylic acids is 1. The van der Waals surface area contributed by atoms with Gasteiger partial charge >= 0.3 is 17.9 Å². The number of methoxy groups -OCH3 is 1. The maximum Gasteiger partial charge on any atom is 0.331 e. The van der Waals surface area contributed by atoms with Gasteiger partial charge in [0.25, 0.3) is 0 Å². The standard InChI is InChI=1S/C75H112O35/c1-30-44(81)48(85)53(90)63(99-30)107-59-58(105-43(80)17-12-33-10-13-34(97-9)14-11-33)32(3)101-67(60(59)108-64-56(93)51(88)57(31(2)100-64)106-62-52(89)47(84)40(28-98-62)104-65-54(91)49(86)45(82)38(26-76)102-65)110-69(96)74-21-20-70(4,5)24-36(74)35-15-16-41-71(6)25-37(79)61(109-66-55(92)50(87)46(83)39(27-77)103-66)73(8,68(94)95)42(71)18-19-72(41,7)75(35,29-78)23-22-74/h10-15,17,30-32,36-42,44-67,76-79,81-93H,16,18-29H2,1-9H3,(H,94,95)/t30-,31-,32+,36-,37-,38+,39+,40+,41+,42+,44-,45-,46+,47-,48+,49-,50-,51-,52+,53+,54+,55+,56+,57-,58-,59-,60+,61-,62-,63-,64-,65-,66-,67-,71+,72+,73-,74-,75-/m0/s1. The number of carbonyl (C=O) groups excluding carboxylic acids is 2. The number of carboxylic acids is 1. The van der Waals surface area contributed by atoms with Crippen LogP contribution in [0.25, 0.3) is 6.08 Å². The van der Waals surface area contributed by atoms with Crippen molar-refractivity contribution in [1.29, 1.82) is 0 Å². The van der Waals surface area contributed by atoms with Gasteiger partial charge in [-0.15, -0.1) is 0 Å². The number of allylic oxidation sites excluding steroid dienone is 1. The van der Waals surface area contributed by atoms with Crippen LogP contribution in [-0.4, -0.2) is 334 Å². The summed E-state index contributed by atoms with van der Waals surface area (Å²) in [4.78, 5) is 44.7. The normalized spacial score (nSPS) is 50.2. The molecule has 1 aromatic rings. The highest BCUT2D eigenvalue weighted by molar-refractivity contribution is 5.87. The van der Waals surface area contributed by atoms with Gasteiger partial charge in [-0.1, -0.05) is 51.5 Å². The molecular formula is C75H112O35. The summed E-state index contributed by atoms with van der Waals surface area (Å²) >= 11 is 0. The highest BCUT2D eigenvalue weighted by atomic mass is 16.8. The smallest absolute Gasteiger partial charge is 0.331 e. The highest BCUT2D eigenvalue weighted by Gasteiger charge is 2.74. The first kappa shape index (κ1) is 85.2. The van der Waals surface area contributed by atoms with Gasteiger partial charge in [0.1, 0.15) is 122 Å². The van der Waals surface area contributed by atoms with Crippen LogP contribution in [0.15, 0.2) is 42.0 Å². The van der Waals surface area contributed by atoms with Crippen LogP contribution in [-0.2, 0) is 76.0 Å². The first-order valence-corrected chi connectivity index (χ1v) is 38.0. The summed E-state index contributed by atoms with van der Waals surface area (Å²) in [6.45, 7) is 11.2. The average molecular weight is 1570 g/mol. The van der Waals surface area contributed by atoms with Gasteiger partial charge in [-0.3, -0.25) is 9.59 Å². The molecule has 0 spiro atoms. The van der Waals surface area contributed by atoms with E-state index in [9.17, 15) is 102 Å². The molecule has 0 aromatic heterocycles. The number of fused-ring (bicyclic) bond motifs is 7. The van der Waals surface area contributed by atoms with E-state index in [0.29, 0.717) is 30.6 Å². The molecule has 1 aromatic carbocycles. The van der Waals surface area contributed by atoms with Crippen LogP contribution in [0.3, 0.4) is 0 Å². The quantitative estimate of drug-likeness (QED) is 0.0262. The second-order valence-corrected chi connectivity index (χ2v) is 33.7. The minimum Gasteiger partial charge on any atom is -0.497 e. The van der Waals surface area contributed by atoms with Gasteiger partial charge in [0.15, 0.2) is 43.7 Å². The Labute approximate surface area is 635 Å². The highest BCUT2D eigenvalue weighted by Crippen LogP contribution is 2.76. The molecule has 6 heterocycles. The topological polar surface area (TPSA) is 545 Å². The lowest BCUT2D eigenvalue weighted by atomic mass is 9.33. The lowest BCUT2D eigenvalue weighted by molar-refractivity contribution is -0.392. The molecule has 0 unspecified atom stereocenters. The van der Waals surface area contributed by atoms with E-state index in [2.05, 4.69) is 20.8 Å². The van der Waals surface area contributed by atoms with Gasteiger partial charge in [-0.05, 0) is 143 Å². The molecule has 4 saturated carbocycles. The third kappa shape index (κ3) is 15.0. The van der Waals surface area contributed by atoms with Crippen LogP contribution in [0, 0.1) is 50.2 Å². The maximum atomic E-state index is 16.4. The van der Waals surface area contributed by atoms with E-state index in [-0.39, 0.29) is 38.5 Å². The Morgan fingerprint density at radius 3 is 1.66 bits per heavy atom. The number of hydrogen-bond donors (Lipinski definition) is 18. The number of esters is 2. The monoisotopic (exact) mass is 1570 g/mol. The summed E-state index contributed by atoms with van der Waals surface area (Å²) < 4.78 is 85.3. The SMILES string of the molecule is COc1ccc(C=CC(=O)O[C@@H]2[C@H](O[C@@H]3O[C@@H](C)[C@H](O)[C@@H](O)[C@H]3O)[C@@H](O[C@@H]3O[C@@H](C)[C@H](O[C@@H]4OC[C@@H](O[C@@H]5O[C@H](CO)[C@H](O)[C@H](O)[C@H]5O)[C@H](O)[C@H]4O)[C@@H](O)[C@H]3O)[C@H](OC(=O)[C@]34CCC(C)(C)C[C@H]3C3=CC[C@@H]5[C@@]6(C)C[C@H](O)[C@H](O[C@@H]7O[C@H](CO)[C@@H](O)[C@H](O)[C@H]7O)[C@@](C)(C(=O)O)[C@@H]6CC[C@@]5(C)[C@]3(CO)CC4)O[C@@H]2C)cc1. The molecule has 0 amide bonds. The van der Waals surface area contributed by atoms with Gasteiger partial charge in [-0.2, -0.15) is 0 Å². The van der Waals surface area contributed by atoms with Gasteiger partial charge in [0.2, 0.25) is 6.29 Å². The first-order chi connectivity index (χ1) is 51.8. The third-order valence-electron chi connectivity index (χ3n) is 26.9. The molecule has 12 rings (SSSR count). The van der Waals surface area contributed by atoms with Crippen molar-refractivity contribution in [2.45, 2.75) is 304 Å². The summed E-state index contributed by atoms with van der Waals surface area (Å²) in [5.41, 5.74) is -5.40. The summed E-state index contributed by atoms with van der Waals surface area (Å²) in [5, 5.41) is 200. The molecule has 35 heteroatoms. The van der Waals surface area contributed by atoms with E-state index in [1.54, 1.807) is 24.3 Å². The number of rotatable bonds is 20. The number of hydrogen-bond acceptors (Lipinski definition) is 34. The van der Waals surface area contributed by atoms with E-state index in [0.717, 1.165) is 11.6 Å². The molecule has 0 radical (unpaired) electrons. The predicted molar refractivity (Wildman–Crippen MR) is 368 cm³/mol. The molecule has 39 atom stereocenters. The number of benzene rings is 1. The van der Waals surface area contributed by atoms with E-state index in [1.165, 1.54) is 40.9 Å². The zero-order chi connectivity index (χ0) is 80.1. The van der Waals surface area contributed by atoms with Crippen LogP contribution in [0.5, 0.6) is 5.75 Å². The number of carbonyl (C=O) groups is 3. The van der Waals surface area contributed by atoms with E-state index < -0.39 is 285 Å². The van der Waals surface area contributed by atoms with Crippen molar-refractivity contribution in [3.63, 3.8) is 0 Å². The third-order valence-corrected chi connectivity index (χ3v) is 26.9. The Bertz CT molecular complexity index is 3420. The lowest BCUT2D eigenvalue weighted by Crippen LogP contribution is -2.71. The van der Waals surface area contributed by atoms with Crippen molar-refractivity contribution in [2.75, 3.05) is 33.5 Å². The molecule has 110 heavy (non-hydrogen) atoms. The first-order valence-electron chi connectivity index (χ1n) is 38.0. The van der Waals surface area contributed by atoms with Crippen molar-refractivity contribution in [3.05, 3.63) is 47.6 Å². The fraction of sp³-hybridized carbons (Fsp3) is 0.827. The summed E-state index contributed by atoms with van der Waals surface area (Å²) in [6.07, 6.45) is -47.6. The van der Waals surface area contributed by atoms with E-state index in [4.69, 9.17) is 66.3 Å². The average Bonchev–Trinajstić information content (AvgIpc) is 0.668. The van der Waals surface area contributed by atoms with E-state index >= 15 is 4.79 Å². The van der Waals surface area contributed by atoms with Crippen molar-refractivity contribution in [3.8, 4) is 5.75 Å². The van der Waals surface area contributed by atoms with Gasteiger partial charge in [0, 0.05) is 11.5 Å². The Balaban J connectivity index is 0.857. The Hall–Kier alpha value is -4.21. The number of ether oxygens (including phenoxy) is 14. The number of aliphatic hydroxyl groups is 17. The molecule has 18 N–H and O–H groups in total. The minimum absolute atomic E-state index is 0.0281. The minimum atomic E-state index is -2.18. The van der Waals surface area contributed by atoms with Crippen LogP contribution < -0.4 is 4.74 Å². The summed E-state index contributed by atoms with van der Waals surface area (Å²) in [5.74, 6) is -4.46. The predicted octanol–water partition coefficient (Wildman–Crippen LogP) is -3.38. The van der Waals surface area contributed by atoms with Gasteiger partial charge in [0.05, 0.1) is 68.8 Å². The Morgan fingerprint density at radius 2 is 1.06 bits per heavy atom. The van der Waals surface area contributed by atoms with Crippen molar-refractivity contribution in [2.24, 2.45) is 50.2 Å². The van der Waals surface area contributed by atoms with E-state index in [1.807, 2.05) is 13.0 Å². The molecular weight excluding hydrogens is 1460 g/mol. The fourth-order valence-electron chi connectivity index (χ4n) is 20.4. The molecule has 11 aliphatic rings. The van der Waals surface area contributed by atoms with Gasteiger partial charge < -0.3 is 158 Å². The molecule has 5 aliphatic carbocycles. The number of aliphatic hydroxyl groups excluding tert-OH is 17. The zero-order valence-electron chi connectivity index (χ0n) is 62.9. The summed E-state index contributed by atoms with van der Waals surface area (Å²) in [6, 6.07) is 6.64. The molecule has 10 fully saturated rings. The van der Waals surface area contributed by atoms with Gasteiger partial charge in [-0.25, -0.2) is 4.79 Å². The second kappa shape index (κ2) is 32.7. The van der Waals surface area contributed by atoms with Crippen LogP contribution in [0.4, 0.5) is 0 Å². The largest absolute Gasteiger partial charge is 0.497 e. The molecule has 6 aliphatic heterocycles.